The van der Waals surface area contributed by atoms with Crippen LogP contribution in [0.3, 0.4) is 0 Å². The molecule has 6 rings (SSSR count). The van der Waals surface area contributed by atoms with Gasteiger partial charge < -0.3 is 25.4 Å². The molecule has 2 aliphatic rings. The number of carbonyl (C=O) groups excluding carboxylic acids is 1. The second-order valence-corrected chi connectivity index (χ2v) is 11.8. The molecule has 4 aromatic rings. The molecule has 2 bridgehead atoms. The van der Waals surface area contributed by atoms with Gasteiger partial charge in [0.2, 0.25) is 0 Å². The van der Waals surface area contributed by atoms with E-state index in [2.05, 4.69) is 52.9 Å². The van der Waals surface area contributed by atoms with Crippen LogP contribution >= 0.6 is 12.2 Å². The molecule has 0 unspecified atom stereocenters. The number of fused-ring (bicyclic) bond motifs is 4. The third kappa shape index (κ3) is 5.94. The van der Waals surface area contributed by atoms with E-state index in [9.17, 15) is 9.59 Å². The summed E-state index contributed by atoms with van der Waals surface area (Å²) in [5.41, 5.74) is 7.83. The number of hydrogen-bond donors (Lipinski definition) is 3. The Labute approximate surface area is 251 Å². The van der Waals surface area contributed by atoms with E-state index in [4.69, 9.17) is 12.2 Å². The quantitative estimate of drug-likeness (QED) is 0.251. The molecule has 1 amide bonds. The van der Waals surface area contributed by atoms with Crippen LogP contribution in [-0.4, -0.2) is 28.7 Å². The Balaban J connectivity index is 1.27. The molecule has 1 aromatic heterocycles. The van der Waals surface area contributed by atoms with Crippen molar-refractivity contribution in [2.24, 2.45) is 5.92 Å². The highest BCUT2D eigenvalue weighted by Gasteiger charge is 2.35. The minimum atomic E-state index is -0.148. The average Bonchev–Trinajstić information content (AvgIpc) is 2.99. The first-order chi connectivity index (χ1) is 20.3. The van der Waals surface area contributed by atoms with Crippen molar-refractivity contribution in [3.8, 4) is 0 Å². The van der Waals surface area contributed by atoms with E-state index in [0.29, 0.717) is 23.1 Å². The number of rotatable bonds is 6. The number of nitrogens with zero attached hydrogens (tertiary/aromatic N) is 2. The summed E-state index contributed by atoms with van der Waals surface area (Å²) in [4.78, 5) is 28.1. The van der Waals surface area contributed by atoms with Crippen molar-refractivity contribution in [3.63, 3.8) is 0 Å². The number of carbonyl (C=O) groups is 1. The molecule has 3 N–H and O–H groups in total. The number of benzene rings is 3. The molecular weight excluding hydrogens is 542 g/mol. The van der Waals surface area contributed by atoms with Gasteiger partial charge in [-0.05, 0) is 91.5 Å². The third-order valence-corrected chi connectivity index (χ3v) is 8.59. The van der Waals surface area contributed by atoms with Crippen LogP contribution in [0.2, 0.25) is 0 Å². The van der Waals surface area contributed by atoms with Gasteiger partial charge in [-0.25, -0.2) is 0 Å². The zero-order valence-electron chi connectivity index (χ0n) is 23.9. The smallest absolute Gasteiger partial charge is 0.251 e. The molecule has 0 saturated carbocycles. The average molecular weight is 578 g/mol. The maximum Gasteiger partial charge on any atom is 0.251 e. The molecule has 0 aliphatic carbocycles. The third-order valence-electron chi connectivity index (χ3n) is 8.39. The summed E-state index contributed by atoms with van der Waals surface area (Å²) < 4.78 is 1.94. The summed E-state index contributed by atoms with van der Waals surface area (Å²) in [7, 11) is 0. The Kier molecular flexibility index (Phi) is 7.80. The number of nitrogens with one attached hydrogen (secondary N) is 3. The molecule has 2 aliphatic heterocycles. The summed E-state index contributed by atoms with van der Waals surface area (Å²) in [5.74, 6) is 0.470. The van der Waals surface area contributed by atoms with Crippen LogP contribution in [0, 0.1) is 19.8 Å². The van der Waals surface area contributed by atoms with Crippen LogP contribution in [0.4, 0.5) is 17.1 Å². The first-order valence-electron chi connectivity index (χ1n) is 14.4. The minimum Gasteiger partial charge on any atom is -0.369 e. The SMILES string of the molecule is Cc1ccc(NC(=S)Nc2cc(C(=O)NCc3ccccc3)ccc2N2C[C@H]3C[C@@H](C2)c2cccc(=O)n2C3)cc1C. The monoisotopic (exact) mass is 577 g/mol. The highest BCUT2D eigenvalue weighted by molar-refractivity contribution is 7.80. The van der Waals surface area contributed by atoms with E-state index in [0.717, 1.165) is 54.4 Å². The Morgan fingerprint density at radius 3 is 2.52 bits per heavy atom. The first-order valence-corrected chi connectivity index (χ1v) is 14.8. The topological polar surface area (TPSA) is 78.4 Å². The largest absolute Gasteiger partial charge is 0.369 e. The molecule has 1 fully saturated rings. The summed E-state index contributed by atoms with van der Waals surface area (Å²) >= 11 is 5.75. The highest BCUT2D eigenvalue weighted by atomic mass is 32.1. The van der Waals surface area contributed by atoms with Gasteiger partial charge in [-0.15, -0.1) is 0 Å². The summed E-state index contributed by atoms with van der Waals surface area (Å²) in [6.45, 7) is 6.93. The molecule has 42 heavy (non-hydrogen) atoms. The first kappa shape index (κ1) is 27.7. The Morgan fingerprint density at radius 1 is 0.881 bits per heavy atom. The fourth-order valence-corrected chi connectivity index (χ4v) is 6.36. The normalized spacial score (nSPS) is 17.2. The number of hydrogen-bond acceptors (Lipinski definition) is 4. The second kappa shape index (κ2) is 11.8. The maximum absolute atomic E-state index is 13.2. The van der Waals surface area contributed by atoms with Gasteiger partial charge in [0.25, 0.3) is 11.5 Å². The van der Waals surface area contributed by atoms with Gasteiger partial charge in [0.1, 0.15) is 0 Å². The Bertz CT molecular complexity index is 1700. The van der Waals surface area contributed by atoms with Crippen LogP contribution in [0.15, 0.2) is 89.7 Å². The molecule has 7 nitrogen and oxygen atoms in total. The number of piperidine rings is 1. The fraction of sp³-hybridized carbons (Fsp3) is 0.265. The number of anilines is 3. The van der Waals surface area contributed by atoms with E-state index in [1.54, 1.807) is 6.07 Å². The lowest BCUT2D eigenvalue weighted by atomic mass is 9.83. The fourth-order valence-electron chi connectivity index (χ4n) is 6.13. The van der Waals surface area contributed by atoms with Crippen molar-refractivity contribution in [1.29, 1.82) is 0 Å². The van der Waals surface area contributed by atoms with Gasteiger partial charge in [-0.3, -0.25) is 9.59 Å². The molecule has 2 atom stereocenters. The van der Waals surface area contributed by atoms with Crippen LogP contribution in [0.5, 0.6) is 0 Å². The van der Waals surface area contributed by atoms with Gasteiger partial charge in [0.05, 0.1) is 11.4 Å². The van der Waals surface area contributed by atoms with Gasteiger partial charge in [0.15, 0.2) is 5.11 Å². The van der Waals surface area contributed by atoms with Crippen LogP contribution in [-0.2, 0) is 13.1 Å². The molecule has 3 aromatic carbocycles. The lowest BCUT2D eigenvalue weighted by Crippen LogP contribution is -2.47. The zero-order chi connectivity index (χ0) is 29.2. The van der Waals surface area contributed by atoms with E-state index < -0.39 is 0 Å². The molecule has 3 heterocycles. The number of aromatic nitrogens is 1. The summed E-state index contributed by atoms with van der Waals surface area (Å²) in [5, 5.41) is 10.2. The van der Waals surface area contributed by atoms with E-state index in [1.807, 2.05) is 65.2 Å². The molecular formula is C34H35N5O2S. The van der Waals surface area contributed by atoms with Crippen molar-refractivity contribution in [2.75, 3.05) is 28.6 Å². The van der Waals surface area contributed by atoms with E-state index in [1.165, 1.54) is 11.1 Å². The predicted octanol–water partition coefficient (Wildman–Crippen LogP) is 5.83. The van der Waals surface area contributed by atoms with Crippen LogP contribution in [0.1, 0.15) is 45.1 Å². The summed E-state index contributed by atoms with van der Waals surface area (Å²) in [6.07, 6.45) is 1.06. The van der Waals surface area contributed by atoms with E-state index in [-0.39, 0.29) is 17.4 Å². The maximum atomic E-state index is 13.2. The summed E-state index contributed by atoms with van der Waals surface area (Å²) in [6, 6.07) is 27.4. The van der Waals surface area contributed by atoms with E-state index >= 15 is 0 Å². The van der Waals surface area contributed by atoms with Gasteiger partial charge in [0, 0.05) is 55.1 Å². The number of pyridine rings is 1. The van der Waals surface area contributed by atoms with Crippen LogP contribution < -0.4 is 26.4 Å². The number of aryl methyl sites for hydroxylation is 2. The molecule has 0 radical (unpaired) electrons. The number of thiocarbonyl (C=S) groups is 1. The molecule has 0 spiro atoms. The zero-order valence-corrected chi connectivity index (χ0v) is 24.7. The predicted molar refractivity (Wildman–Crippen MR) is 174 cm³/mol. The lowest BCUT2D eigenvalue weighted by molar-refractivity contribution is 0.0951. The van der Waals surface area contributed by atoms with Crippen molar-refractivity contribution >= 4 is 40.3 Å². The number of amides is 1. The Morgan fingerprint density at radius 2 is 1.71 bits per heavy atom. The van der Waals surface area contributed by atoms with Crippen molar-refractivity contribution in [1.82, 2.24) is 9.88 Å². The minimum absolute atomic E-state index is 0.0756. The van der Waals surface area contributed by atoms with Crippen LogP contribution in [0.25, 0.3) is 0 Å². The highest BCUT2D eigenvalue weighted by Crippen LogP contribution is 2.39. The van der Waals surface area contributed by atoms with Crippen molar-refractivity contribution in [3.05, 3.63) is 123 Å². The van der Waals surface area contributed by atoms with Gasteiger partial charge in [-0.1, -0.05) is 42.5 Å². The molecule has 214 valence electrons. The van der Waals surface area contributed by atoms with Gasteiger partial charge in [-0.2, -0.15) is 0 Å². The van der Waals surface area contributed by atoms with Crippen molar-refractivity contribution in [2.45, 2.75) is 39.3 Å². The second-order valence-electron chi connectivity index (χ2n) is 11.4. The molecule has 8 heteroatoms. The van der Waals surface area contributed by atoms with Gasteiger partial charge >= 0.3 is 0 Å². The molecule has 1 saturated heterocycles. The van der Waals surface area contributed by atoms with Crippen molar-refractivity contribution < 1.29 is 4.79 Å². The Hall–Kier alpha value is -4.43. The lowest BCUT2D eigenvalue weighted by Gasteiger charge is -2.44. The standard InChI is InChI=1S/C34H35N5O2S/c1-22-11-13-28(15-23(22)2)36-34(42)37-29-17-26(33(41)35-18-24-7-4-3-5-8-24)12-14-31(29)38-19-25-16-27(21-38)30-9-6-10-32(40)39(30)20-25/h3-15,17,25,27H,16,18-21H2,1-2H3,(H,35,41)(H2,36,37,42)/t25-,27+/m1/s1.